The molecule has 0 fully saturated rings. The normalized spacial score (nSPS) is 10.6. The Hall–Kier alpha value is -2.70. The molecule has 0 spiro atoms. The van der Waals surface area contributed by atoms with E-state index in [0.29, 0.717) is 12.1 Å². The van der Waals surface area contributed by atoms with Crippen LogP contribution in [0.2, 0.25) is 0 Å². The lowest BCUT2D eigenvalue weighted by molar-refractivity contribution is -0.137. The first-order valence-corrected chi connectivity index (χ1v) is 6.93. The number of carboxylic acids is 1. The van der Waals surface area contributed by atoms with Gasteiger partial charge < -0.3 is 10.0 Å². The molecule has 2 aromatic rings. The first-order valence-electron chi connectivity index (χ1n) is 6.93. The van der Waals surface area contributed by atoms with Crippen molar-refractivity contribution in [2.24, 2.45) is 0 Å². The summed E-state index contributed by atoms with van der Waals surface area (Å²) in [5.74, 6) is -1.73. The van der Waals surface area contributed by atoms with Gasteiger partial charge in [-0.1, -0.05) is 13.0 Å². The Labute approximate surface area is 126 Å². The molecule has 0 unspecified atom stereocenters. The molecule has 0 aliphatic rings. The van der Waals surface area contributed by atoms with Gasteiger partial charge in [-0.15, -0.1) is 0 Å². The predicted octanol–water partition coefficient (Wildman–Crippen LogP) is 0.940. The van der Waals surface area contributed by atoms with Gasteiger partial charge in [0.1, 0.15) is 17.8 Å². The summed E-state index contributed by atoms with van der Waals surface area (Å²) in [6.45, 7) is 3.48. The number of carbonyl (C=O) groups excluding carboxylic acids is 1. The number of fused-ring (bicyclic) bond motifs is 1. The minimum Gasteiger partial charge on any atom is -0.480 e. The van der Waals surface area contributed by atoms with E-state index in [2.05, 4.69) is 4.98 Å². The number of amides is 1. The molecule has 2 heterocycles. The Bertz CT molecular complexity index is 782. The molecule has 1 amide bonds. The summed E-state index contributed by atoms with van der Waals surface area (Å²) >= 11 is 0. The van der Waals surface area contributed by atoms with Crippen molar-refractivity contribution in [3.63, 3.8) is 0 Å². The van der Waals surface area contributed by atoms with Gasteiger partial charge in [0.05, 0.1) is 0 Å². The number of aromatic nitrogens is 2. The molecule has 0 atom stereocenters. The van der Waals surface area contributed by atoms with Crippen molar-refractivity contribution in [3.8, 4) is 0 Å². The number of aryl methyl sites for hydroxylation is 1. The summed E-state index contributed by atoms with van der Waals surface area (Å²) in [7, 11) is 0. The van der Waals surface area contributed by atoms with Gasteiger partial charge in [0.2, 0.25) is 0 Å². The van der Waals surface area contributed by atoms with Crippen molar-refractivity contribution < 1.29 is 14.7 Å². The van der Waals surface area contributed by atoms with E-state index in [1.807, 2.05) is 19.9 Å². The van der Waals surface area contributed by atoms with Crippen LogP contribution in [0.5, 0.6) is 0 Å². The number of hydrogen-bond donors (Lipinski definition) is 1. The SMILES string of the molecule is CCCN(CC(=O)O)C(=O)c1cnc2ccc(C)cn2c1=O. The quantitative estimate of drug-likeness (QED) is 0.887. The molecule has 1 N–H and O–H groups in total. The third kappa shape index (κ3) is 3.13. The smallest absolute Gasteiger partial charge is 0.323 e. The first kappa shape index (κ1) is 15.7. The van der Waals surface area contributed by atoms with E-state index in [9.17, 15) is 14.4 Å². The average molecular weight is 303 g/mol. The van der Waals surface area contributed by atoms with E-state index in [4.69, 9.17) is 5.11 Å². The maximum atomic E-state index is 12.4. The molecule has 0 aliphatic heterocycles. The van der Waals surface area contributed by atoms with Crippen LogP contribution in [0.1, 0.15) is 29.3 Å². The Balaban J connectivity index is 2.48. The number of rotatable bonds is 5. The molecule has 0 aliphatic carbocycles. The number of aliphatic carboxylic acids is 1. The topological polar surface area (TPSA) is 92.0 Å². The molecule has 0 aromatic carbocycles. The highest BCUT2D eigenvalue weighted by Crippen LogP contribution is 2.05. The minimum absolute atomic E-state index is 0.127. The van der Waals surface area contributed by atoms with Gasteiger partial charge >= 0.3 is 5.97 Å². The Kier molecular flexibility index (Phi) is 4.55. The second-order valence-electron chi connectivity index (χ2n) is 5.03. The average Bonchev–Trinajstić information content (AvgIpc) is 2.47. The zero-order chi connectivity index (χ0) is 16.3. The van der Waals surface area contributed by atoms with Crippen LogP contribution in [0.25, 0.3) is 5.65 Å². The first-order chi connectivity index (χ1) is 10.4. The number of pyridine rings is 1. The lowest BCUT2D eigenvalue weighted by Crippen LogP contribution is -2.39. The summed E-state index contributed by atoms with van der Waals surface area (Å²) in [6.07, 6.45) is 3.41. The molecule has 22 heavy (non-hydrogen) atoms. The van der Waals surface area contributed by atoms with Gasteiger partial charge in [0.25, 0.3) is 11.5 Å². The molecule has 0 saturated carbocycles. The van der Waals surface area contributed by atoms with Crippen molar-refractivity contribution in [2.75, 3.05) is 13.1 Å². The molecule has 0 bridgehead atoms. The van der Waals surface area contributed by atoms with Crippen LogP contribution >= 0.6 is 0 Å². The Morgan fingerprint density at radius 3 is 2.73 bits per heavy atom. The zero-order valence-corrected chi connectivity index (χ0v) is 12.4. The lowest BCUT2D eigenvalue weighted by atomic mass is 10.2. The summed E-state index contributed by atoms with van der Waals surface area (Å²) in [4.78, 5) is 41.0. The molecule has 0 saturated heterocycles. The third-order valence-corrected chi connectivity index (χ3v) is 3.19. The number of carboxylic acid groups (broad SMARTS) is 1. The highest BCUT2D eigenvalue weighted by Gasteiger charge is 2.21. The van der Waals surface area contributed by atoms with Gasteiger partial charge in [0, 0.05) is 18.9 Å². The molecule has 116 valence electrons. The predicted molar refractivity (Wildman–Crippen MR) is 80.0 cm³/mol. The van der Waals surface area contributed by atoms with E-state index >= 15 is 0 Å². The fourth-order valence-electron chi connectivity index (χ4n) is 2.19. The van der Waals surface area contributed by atoms with Crippen LogP contribution in [0, 0.1) is 6.92 Å². The van der Waals surface area contributed by atoms with Crippen LogP contribution in [0.4, 0.5) is 0 Å². The maximum absolute atomic E-state index is 12.4. The highest BCUT2D eigenvalue weighted by atomic mass is 16.4. The van der Waals surface area contributed by atoms with E-state index in [1.54, 1.807) is 12.3 Å². The third-order valence-electron chi connectivity index (χ3n) is 3.19. The highest BCUT2D eigenvalue weighted by molar-refractivity contribution is 5.95. The van der Waals surface area contributed by atoms with E-state index in [1.165, 1.54) is 10.6 Å². The van der Waals surface area contributed by atoms with Gasteiger partial charge in [-0.05, 0) is 25.0 Å². The van der Waals surface area contributed by atoms with Crippen molar-refractivity contribution in [1.82, 2.24) is 14.3 Å². The van der Waals surface area contributed by atoms with Gasteiger partial charge in [-0.2, -0.15) is 0 Å². The molecule has 2 aromatic heterocycles. The van der Waals surface area contributed by atoms with Crippen LogP contribution < -0.4 is 5.56 Å². The minimum atomic E-state index is -1.12. The summed E-state index contributed by atoms with van der Waals surface area (Å²) in [5, 5.41) is 8.89. The number of hydrogen-bond acceptors (Lipinski definition) is 4. The molecule has 2 rings (SSSR count). The number of nitrogens with zero attached hydrogens (tertiary/aromatic N) is 3. The Morgan fingerprint density at radius 1 is 1.36 bits per heavy atom. The van der Waals surface area contributed by atoms with Crippen LogP contribution in [0.15, 0.2) is 29.3 Å². The second-order valence-corrected chi connectivity index (χ2v) is 5.03. The fourth-order valence-corrected chi connectivity index (χ4v) is 2.19. The monoisotopic (exact) mass is 303 g/mol. The van der Waals surface area contributed by atoms with E-state index in [0.717, 1.165) is 10.5 Å². The molecule has 0 radical (unpaired) electrons. The van der Waals surface area contributed by atoms with Crippen molar-refractivity contribution in [1.29, 1.82) is 0 Å². The summed E-state index contributed by atoms with van der Waals surface area (Å²) in [6, 6.07) is 3.50. The van der Waals surface area contributed by atoms with E-state index < -0.39 is 24.0 Å². The maximum Gasteiger partial charge on any atom is 0.323 e. The van der Waals surface area contributed by atoms with Crippen molar-refractivity contribution in [2.45, 2.75) is 20.3 Å². The second kappa shape index (κ2) is 6.38. The van der Waals surface area contributed by atoms with Crippen LogP contribution in [-0.4, -0.2) is 44.4 Å². The van der Waals surface area contributed by atoms with E-state index in [-0.39, 0.29) is 12.1 Å². The summed E-state index contributed by atoms with van der Waals surface area (Å²) < 4.78 is 1.30. The lowest BCUT2D eigenvalue weighted by Gasteiger charge is -2.19. The fraction of sp³-hybridized carbons (Fsp3) is 0.333. The molecule has 7 nitrogen and oxygen atoms in total. The molecule has 7 heteroatoms. The van der Waals surface area contributed by atoms with Crippen LogP contribution in [-0.2, 0) is 4.79 Å². The largest absolute Gasteiger partial charge is 0.480 e. The van der Waals surface area contributed by atoms with Crippen molar-refractivity contribution >= 4 is 17.5 Å². The van der Waals surface area contributed by atoms with Gasteiger partial charge in [0.15, 0.2) is 0 Å². The van der Waals surface area contributed by atoms with Gasteiger partial charge in [-0.25, -0.2) is 4.98 Å². The number of carbonyl (C=O) groups is 2. The van der Waals surface area contributed by atoms with Crippen LogP contribution in [0.3, 0.4) is 0 Å². The van der Waals surface area contributed by atoms with Gasteiger partial charge in [-0.3, -0.25) is 18.8 Å². The molecular formula is C15H17N3O4. The zero-order valence-electron chi connectivity index (χ0n) is 12.4. The Morgan fingerprint density at radius 2 is 2.09 bits per heavy atom. The standard InChI is InChI=1S/C15H17N3O4/c1-3-6-17(9-13(19)20)14(21)11-7-16-12-5-4-10(2)8-18(12)15(11)22/h4-5,7-8H,3,6,9H2,1-2H3,(H,19,20). The van der Waals surface area contributed by atoms with Crippen molar-refractivity contribution in [3.05, 3.63) is 46.0 Å². The summed E-state index contributed by atoms with van der Waals surface area (Å²) in [5.41, 5.74) is 0.673. The molecular weight excluding hydrogens is 286 g/mol.